The van der Waals surface area contributed by atoms with E-state index in [-0.39, 0.29) is 11.3 Å². The molecule has 20 heavy (non-hydrogen) atoms. The number of sulfone groups is 1. The topological polar surface area (TPSA) is 49.4 Å². The monoisotopic (exact) mass is 302 g/mol. The molecular formula is C15H30N2O2S. The Kier molecular flexibility index (Phi) is 5.14. The smallest absolute Gasteiger partial charge is 0.150 e. The second kappa shape index (κ2) is 6.32. The lowest BCUT2D eigenvalue weighted by Gasteiger charge is -2.36. The van der Waals surface area contributed by atoms with E-state index in [0.29, 0.717) is 11.8 Å². The Morgan fingerprint density at radius 1 is 1.30 bits per heavy atom. The molecule has 0 aromatic rings. The van der Waals surface area contributed by atoms with E-state index in [4.69, 9.17) is 0 Å². The summed E-state index contributed by atoms with van der Waals surface area (Å²) in [6.45, 7) is 9.40. The van der Waals surface area contributed by atoms with E-state index in [2.05, 4.69) is 24.1 Å². The standard InChI is InChI=1S/C15H30N2O2S/c1-4-20(18,19)11-5-10-17-12-15(3,14-6-7-14)16-9-8-13(17)2/h13-14,16H,4-12H2,1-3H3. The normalized spacial score (nSPS) is 33.0. The van der Waals surface area contributed by atoms with Crippen LogP contribution in [0.1, 0.15) is 46.5 Å². The zero-order chi connectivity index (χ0) is 14.8. The van der Waals surface area contributed by atoms with Gasteiger partial charge in [0.15, 0.2) is 0 Å². The fourth-order valence-electron chi connectivity index (χ4n) is 3.31. The van der Waals surface area contributed by atoms with Gasteiger partial charge in [0.2, 0.25) is 0 Å². The molecule has 0 bridgehead atoms. The third kappa shape index (κ3) is 4.18. The van der Waals surface area contributed by atoms with Crippen LogP contribution in [0.3, 0.4) is 0 Å². The molecular weight excluding hydrogens is 272 g/mol. The summed E-state index contributed by atoms with van der Waals surface area (Å²) in [5, 5.41) is 3.74. The van der Waals surface area contributed by atoms with Gasteiger partial charge < -0.3 is 5.32 Å². The van der Waals surface area contributed by atoms with E-state index in [9.17, 15) is 8.42 Å². The van der Waals surface area contributed by atoms with Crippen LogP contribution in [0.25, 0.3) is 0 Å². The molecule has 2 fully saturated rings. The van der Waals surface area contributed by atoms with Crippen LogP contribution < -0.4 is 5.32 Å². The number of nitrogens with zero attached hydrogens (tertiary/aromatic N) is 1. The van der Waals surface area contributed by atoms with Crippen LogP contribution in [-0.4, -0.2) is 56.0 Å². The highest BCUT2D eigenvalue weighted by Gasteiger charge is 2.43. The van der Waals surface area contributed by atoms with Crippen LogP contribution in [0, 0.1) is 5.92 Å². The van der Waals surface area contributed by atoms with Crippen molar-refractivity contribution in [1.29, 1.82) is 0 Å². The Labute approximate surface area is 124 Å². The molecule has 1 N–H and O–H groups in total. The molecule has 0 radical (unpaired) electrons. The Hall–Kier alpha value is -0.130. The van der Waals surface area contributed by atoms with Crippen molar-refractivity contribution >= 4 is 9.84 Å². The van der Waals surface area contributed by atoms with E-state index in [1.165, 1.54) is 12.8 Å². The molecule has 1 saturated heterocycles. The molecule has 118 valence electrons. The maximum atomic E-state index is 11.6. The SMILES string of the molecule is CCS(=O)(=O)CCCN1CC(C)(C2CC2)NCCC1C. The average molecular weight is 302 g/mol. The summed E-state index contributed by atoms with van der Waals surface area (Å²) in [5.74, 6) is 1.42. The third-order valence-electron chi connectivity index (χ3n) is 5.06. The molecule has 1 aliphatic heterocycles. The van der Waals surface area contributed by atoms with Crippen LogP contribution in [0.2, 0.25) is 0 Å². The molecule has 2 aliphatic rings. The van der Waals surface area contributed by atoms with Gasteiger partial charge in [-0.25, -0.2) is 8.42 Å². The highest BCUT2D eigenvalue weighted by atomic mass is 32.2. The van der Waals surface area contributed by atoms with Gasteiger partial charge in [-0.15, -0.1) is 0 Å². The molecule has 1 aliphatic carbocycles. The lowest BCUT2D eigenvalue weighted by molar-refractivity contribution is 0.163. The minimum absolute atomic E-state index is 0.231. The van der Waals surface area contributed by atoms with Gasteiger partial charge in [-0.05, 0) is 58.5 Å². The summed E-state index contributed by atoms with van der Waals surface area (Å²) < 4.78 is 23.2. The van der Waals surface area contributed by atoms with Gasteiger partial charge in [0.1, 0.15) is 9.84 Å². The number of hydrogen-bond acceptors (Lipinski definition) is 4. The van der Waals surface area contributed by atoms with Crippen LogP contribution in [0.15, 0.2) is 0 Å². The highest BCUT2D eigenvalue weighted by molar-refractivity contribution is 7.91. The van der Waals surface area contributed by atoms with Crippen molar-refractivity contribution in [3.63, 3.8) is 0 Å². The van der Waals surface area contributed by atoms with Crippen LogP contribution in [0.4, 0.5) is 0 Å². The highest BCUT2D eigenvalue weighted by Crippen LogP contribution is 2.41. The van der Waals surface area contributed by atoms with Crippen molar-refractivity contribution in [1.82, 2.24) is 10.2 Å². The van der Waals surface area contributed by atoms with Crippen molar-refractivity contribution in [2.45, 2.75) is 58.0 Å². The van der Waals surface area contributed by atoms with Gasteiger partial charge in [0, 0.05) is 23.9 Å². The predicted molar refractivity (Wildman–Crippen MR) is 83.7 cm³/mol. The lowest BCUT2D eigenvalue weighted by Crippen LogP contribution is -2.51. The summed E-state index contributed by atoms with van der Waals surface area (Å²) in [6, 6.07) is 0.549. The lowest BCUT2D eigenvalue weighted by atomic mass is 9.95. The van der Waals surface area contributed by atoms with E-state index in [1.54, 1.807) is 6.92 Å². The minimum atomic E-state index is -2.82. The molecule has 0 amide bonds. The first-order valence-corrected chi connectivity index (χ1v) is 9.88. The summed E-state index contributed by atoms with van der Waals surface area (Å²) in [6.07, 6.45) is 4.61. The summed E-state index contributed by atoms with van der Waals surface area (Å²) in [4.78, 5) is 2.50. The predicted octanol–water partition coefficient (Wildman–Crippen LogP) is 1.66. The van der Waals surface area contributed by atoms with Gasteiger partial charge in [-0.1, -0.05) is 6.92 Å². The third-order valence-corrected chi connectivity index (χ3v) is 6.86. The second-order valence-electron chi connectivity index (χ2n) is 6.82. The fraction of sp³-hybridized carbons (Fsp3) is 1.00. The van der Waals surface area contributed by atoms with Crippen LogP contribution in [0.5, 0.6) is 0 Å². The van der Waals surface area contributed by atoms with Gasteiger partial charge in [0.25, 0.3) is 0 Å². The average Bonchev–Trinajstić information content (AvgIpc) is 3.21. The first-order valence-electron chi connectivity index (χ1n) is 8.06. The van der Waals surface area contributed by atoms with E-state index < -0.39 is 9.84 Å². The van der Waals surface area contributed by atoms with E-state index in [1.807, 2.05) is 0 Å². The van der Waals surface area contributed by atoms with Crippen LogP contribution in [-0.2, 0) is 9.84 Å². The molecule has 0 spiro atoms. The van der Waals surface area contributed by atoms with Gasteiger partial charge in [-0.3, -0.25) is 4.90 Å². The van der Waals surface area contributed by atoms with Crippen molar-refractivity contribution in [3.8, 4) is 0 Å². The zero-order valence-electron chi connectivity index (χ0n) is 13.2. The van der Waals surface area contributed by atoms with Crippen molar-refractivity contribution < 1.29 is 8.42 Å². The molecule has 5 heteroatoms. The molecule has 2 rings (SSSR count). The first kappa shape index (κ1) is 16.2. The Morgan fingerprint density at radius 3 is 2.60 bits per heavy atom. The zero-order valence-corrected chi connectivity index (χ0v) is 14.0. The molecule has 1 saturated carbocycles. The molecule has 4 nitrogen and oxygen atoms in total. The van der Waals surface area contributed by atoms with Crippen molar-refractivity contribution in [2.24, 2.45) is 5.92 Å². The van der Waals surface area contributed by atoms with Gasteiger partial charge in [0.05, 0.1) is 5.75 Å². The minimum Gasteiger partial charge on any atom is -0.310 e. The van der Waals surface area contributed by atoms with Gasteiger partial charge >= 0.3 is 0 Å². The van der Waals surface area contributed by atoms with E-state index >= 15 is 0 Å². The molecule has 2 unspecified atom stereocenters. The summed E-state index contributed by atoms with van der Waals surface area (Å²) in [5.41, 5.74) is 0.231. The Morgan fingerprint density at radius 2 is 2.00 bits per heavy atom. The van der Waals surface area contributed by atoms with Crippen molar-refractivity contribution in [3.05, 3.63) is 0 Å². The maximum absolute atomic E-state index is 11.6. The van der Waals surface area contributed by atoms with Gasteiger partial charge in [-0.2, -0.15) is 0 Å². The maximum Gasteiger partial charge on any atom is 0.150 e. The first-order chi connectivity index (χ1) is 9.36. The van der Waals surface area contributed by atoms with E-state index in [0.717, 1.165) is 38.4 Å². The summed E-state index contributed by atoms with van der Waals surface area (Å²) >= 11 is 0. The number of nitrogens with one attached hydrogen (secondary N) is 1. The molecule has 0 aromatic heterocycles. The molecule has 0 aromatic carbocycles. The van der Waals surface area contributed by atoms with Crippen molar-refractivity contribution in [2.75, 3.05) is 31.1 Å². The molecule has 1 heterocycles. The largest absolute Gasteiger partial charge is 0.310 e. The fourth-order valence-corrected chi connectivity index (χ4v) is 4.17. The Bertz CT molecular complexity index is 420. The van der Waals surface area contributed by atoms with Crippen LogP contribution >= 0.6 is 0 Å². The molecule has 2 atom stereocenters. The summed E-state index contributed by atoms with van der Waals surface area (Å²) in [7, 11) is -2.82. The second-order valence-corrected chi connectivity index (χ2v) is 9.29. The number of hydrogen-bond donors (Lipinski definition) is 1. The number of rotatable bonds is 6. The Balaban J connectivity index is 1.90. The quantitative estimate of drug-likeness (QED) is 0.811.